The van der Waals surface area contributed by atoms with Crippen LogP contribution in [0.3, 0.4) is 0 Å². The van der Waals surface area contributed by atoms with Gasteiger partial charge in [-0.2, -0.15) is 0 Å². The van der Waals surface area contributed by atoms with Crippen molar-refractivity contribution in [3.05, 3.63) is 80.8 Å². The molecule has 0 radical (unpaired) electrons. The molecule has 0 saturated heterocycles. The Kier molecular flexibility index (Phi) is 3.88. The number of rotatable bonds is 4. The van der Waals surface area contributed by atoms with E-state index < -0.39 is 0 Å². The largest absolute Gasteiger partial charge is 0.347 e. The topological polar surface area (TPSA) is 48.9 Å². The molecule has 5 nitrogen and oxygen atoms in total. The van der Waals surface area contributed by atoms with Crippen molar-refractivity contribution in [2.45, 2.75) is 26.9 Å². The van der Waals surface area contributed by atoms with E-state index in [9.17, 15) is 9.59 Å². The highest BCUT2D eigenvalue weighted by molar-refractivity contribution is 6.09. The number of hydrogen-bond donors (Lipinski definition) is 0. The highest BCUT2D eigenvalue weighted by atomic mass is 16.2. The van der Waals surface area contributed by atoms with Crippen molar-refractivity contribution in [1.29, 1.82) is 0 Å². The fourth-order valence-corrected chi connectivity index (χ4v) is 4.41. The van der Waals surface area contributed by atoms with Gasteiger partial charge in [-0.05, 0) is 39.5 Å². The Bertz CT molecular complexity index is 1430. The predicted molar refractivity (Wildman–Crippen MR) is 118 cm³/mol. The number of benzene rings is 2. The van der Waals surface area contributed by atoms with E-state index in [0.717, 1.165) is 0 Å². The summed E-state index contributed by atoms with van der Waals surface area (Å²) in [7, 11) is 1.55. The quantitative estimate of drug-likeness (QED) is 0.536. The second kappa shape index (κ2) is 6.34. The Morgan fingerprint density at radius 1 is 1.00 bits per heavy atom. The Morgan fingerprint density at radius 2 is 1.76 bits per heavy atom. The number of fused-ring (bicyclic) bond motifs is 1. The smallest absolute Gasteiger partial charge is 0.331 e. The fraction of sp³-hybridized carbons (Fsp3) is 0.250. The van der Waals surface area contributed by atoms with Gasteiger partial charge in [0.05, 0.1) is 10.9 Å². The van der Waals surface area contributed by atoms with Crippen LogP contribution in [0.1, 0.15) is 25.0 Å². The average molecular weight is 385 g/mol. The summed E-state index contributed by atoms with van der Waals surface area (Å²) in [6.07, 6.45) is 6.03. The SMILES string of the molecule is CC(C)Cn1c(=O)n(C)c(=O)c2cn(CC3=Cc4cccc5cccc3c45)cc21. The average Bonchev–Trinajstić information content (AvgIpc) is 3.27. The van der Waals surface area contributed by atoms with E-state index in [4.69, 9.17) is 0 Å². The van der Waals surface area contributed by atoms with Crippen molar-refractivity contribution in [2.75, 3.05) is 0 Å². The minimum Gasteiger partial charge on any atom is -0.347 e. The normalized spacial score (nSPS) is 13.0. The zero-order valence-electron chi connectivity index (χ0n) is 16.8. The molecule has 0 saturated carbocycles. The van der Waals surface area contributed by atoms with E-state index >= 15 is 0 Å². The Morgan fingerprint density at radius 3 is 2.52 bits per heavy atom. The first kappa shape index (κ1) is 17.7. The number of aromatic nitrogens is 3. The lowest BCUT2D eigenvalue weighted by molar-refractivity contribution is 0.502. The molecular weight excluding hydrogens is 362 g/mol. The van der Waals surface area contributed by atoms with E-state index in [1.807, 2.05) is 17.0 Å². The van der Waals surface area contributed by atoms with Gasteiger partial charge in [-0.25, -0.2) is 4.79 Å². The van der Waals surface area contributed by atoms with Crippen LogP contribution in [-0.4, -0.2) is 13.7 Å². The van der Waals surface area contributed by atoms with Gasteiger partial charge in [-0.15, -0.1) is 0 Å². The summed E-state index contributed by atoms with van der Waals surface area (Å²) in [5.74, 6) is 0.307. The molecule has 2 heterocycles. The first-order chi connectivity index (χ1) is 13.9. The maximum Gasteiger partial charge on any atom is 0.331 e. The van der Waals surface area contributed by atoms with Crippen molar-refractivity contribution in [3.8, 4) is 0 Å². The van der Waals surface area contributed by atoms with Gasteiger partial charge in [0, 0.05) is 32.5 Å². The number of nitrogens with zero attached hydrogens (tertiary/aromatic N) is 3. The van der Waals surface area contributed by atoms with Crippen LogP contribution in [0.15, 0.2) is 58.4 Å². The minimum absolute atomic E-state index is 0.241. The standard InChI is InChI=1S/C24H23N3O2/c1-15(2)11-27-21-14-26(13-20(21)23(28)25(3)24(27)29)12-18-10-17-8-4-6-16-7-5-9-19(18)22(16)17/h4-10,13-15H,11-12H2,1-3H3. The molecule has 0 atom stereocenters. The summed E-state index contributed by atoms with van der Waals surface area (Å²) in [6.45, 7) is 5.38. The van der Waals surface area contributed by atoms with E-state index in [-0.39, 0.29) is 11.2 Å². The molecule has 0 aliphatic heterocycles. The minimum atomic E-state index is -0.258. The summed E-state index contributed by atoms with van der Waals surface area (Å²) in [5, 5.41) is 3.11. The van der Waals surface area contributed by atoms with Crippen molar-refractivity contribution in [2.24, 2.45) is 13.0 Å². The van der Waals surface area contributed by atoms with E-state index in [1.54, 1.807) is 11.6 Å². The van der Waals surface area contributed by atoms with Gasteiger partial charge < -0.3 is 4.57 Å². The van der Waals surface area contributed by atoms with Gasteiger partial charge in [0.2, 0.25) is 0 Å². The summed E-state index contributed by atoms with van der Waals surface area (Å²) in [5.41, 5.74) is 3.90. The van der Waals surface area contributed by atoms with Crippen LogP contribution in [0.5, 0.6) is 0 Å². The molecule has 2 aromatic heterocycles. The van der Waals surface area contributed by atoms with Crippen molar-refractivity contribution < 1.29 is 0 Å². The fourth-order valence-electron chi connectivity index (χ4n) is 4.41. The first-order valence-electron chi connectivity index (χ1n) is 9.96. The molecule has 5 heteroatoms. The van der Waals surface area contributed by atoms with Gasteiger partial charge in [0.1, 0.15) is 0 Å². The Hall–Kier alpha value is -3.34. The molecule has 5 rings (SSSR count). The maximum atomic E-state index is 12.7. The van der Waals surface area contributed by atoms with Crippen LogP contribution in [0.25, 0.3) is 33.3 Å². The number of allylic oxidation sites excluding steroid dienone is 1. The molecule has 2 aromatic carbocycles. The summed E-state index contributed by atoms with van der Waals surface area (Å²) in [4.78, 5) is 25.4. The third-order valence-corrected chi connectivity index (χ3v) is 5.72. The molecule has 0 N–H and O–H groups in total. The highest BCUT2D eigenvalue weighted by Gasteiger charge is 2.18. The van der Waals surface area contributed by atoms with Gasteiger partial charge in [0.25, 0.3) is 5.56 Å². The lowest BCUT2D eigenvalue weighted by atomic mass is 10.0. The highest BCUT2D eigenvalue weighted by Crippen LogP contribution is 2.37. The Labute approximate surface area is 168 Å². The van der Waals surface area contributed by atoms with E-state index in [0.29, 0.717) is 29.9 Å². The molecule has 0 bridgehead atoms. The molecular formula is C24H23N3O2. The predicted octanol–water partition coefficient (Wildman–Crippen LogP) is 3.87. The third-order valence-electron chi connectivity index (χ3n) is 5.72. The lowest BCUT2D eigenvalue weighted by Gasteiger charge is -2.11. The van der Waals surface area contributed by atoms with Crippen molar-refractivity contribution >= 4 is 33.3 Å². The molecule has 0 spiro atoms. The van der Waals surface area contributed by atoms with Crippen molar-refractivity contribution in [1.82, 2.24) is 13.7 Å². The maximum absolute atomic E-state index is 12.7. The zero-order chi connectivity index (χ0) is 20.3. The van der Waals surface area contributed by atoms with Crippen LogP contribution < -0.4 is 11.2 Å². The molecule has 1 aliphatic rings. The number of hydrogen-bond acceptors (Lipinski definition) is 2. The summed E-state index contributed by atoms with van der Waals surface area (Å²) < 4.78 is 4.95. The van der Waals surface area contributed by atoms with Crippen LogP contribution >= 0.6 is 0 Å². The molecule has 146 valence electrons. The van der Waals surface area contributed by atoms with Gasteiger partial charge in [-0.1, -0.05) is 50.2 Å². The molecule has 4 aromatic rings. The van der Waals surface area contributed by atoms with Crippen LogP contribution in [0.4, 0.5) is 0 Å². The second-order valence-electron chi connectivity index (χ2n) is 8.30. The van der Waals surface area contributed by atoms with Gasteiger partial charge >= 0.3 is 5.69 Å². The Balaban J connectivity index is 1.63. The van der Waals surface area contributed by atoms with Crippen LogP contribution in [-0.2, 0) is 20.1 Å². The third kappa shape index (κ3) is 2.69. The molecule has 1 aliphatic carbocycles. The first-order valence-corrected chi connectivity index (χ1v) is 9.96. The molecule has 0 fully saturated rings. The lowest BCUT2D eigenvalue weighted by Crippen LogP contribution is -2.38. The van der Waals surface area contributed by atoms with Gasteiger partial charge in [-0.3, -0.25) is 13.9 Å². The molecule has 0 unspecified atom stereocenters. The van der Waals surface area contributed by atoms with Crippen LogP contribution in [0.2, 0.25) is 0 Å². The molecule has 29 heavy (non-hydrogen) atoms. The van der Waals surface area contributed by atoms with Crippen LogP contribution in [0, 0.1) is 5.92 Å². The molecule has 0 amide bonds. The van der Waals surface area contributed by atoms with Gasteiger partial charge in [0.15, 0.2) is 0 Å². The monoisotopic (exact) mass is 385 g/mol. The summed E-state index contributed by atoms with van der Waals surface area (Å²) >= 11 is 0. The van der Waals surface area contributed by atoms with E-state index in [1.165, 1.54) is 32.0 Å². The second-order valence-corrected chi connectivity index (χ2v) is 8.30. The zero-order valence-corrected chi connectivity index (χ0v) is 16.8. The van der Waals surface area contributed by atoms with Crippen molar-refractivity contribution in [3.63, 3.8) is 0 Å². The summed E-state index contributed by atoms with van der Waals surface area (Å²) in [6, 6.07) is 12.7. The van der Waals surface area contributed by atoms with E-state index in [2.05, 4.69) is 56.3 Å².